The first-order valence-corrected chi connectivity index (χ1v) is 15.8. The number of carbonyl (C=O) groups excluding carboxylic acids is 3. The standard InChI is InChI=1S/C33H58N4O7/c1-23(22-37(20-16-27(38)13-17-34)31(42)44-33(6,7)8)21-25-9-11-26(12-10-25)24(2)29(40)35-18-14-28(39)15-19-36-30(41)43-32(3,4)5/h9-12,23-24,27-28,38-39H,13-22,34H2,1-8H3,(H,35,40)(H,36,41). The number of amides is 3. The Bertz CT molecular complexity index is 1000. The number of alkyl carbamates (subject to hydrolysis) is 1. The normalized spacial score (nSPS) is 14.6. The van der Waals surface area contributed by atoms with Gasteiger partial charge in [-0.05, 0) is 104 Å². The Morgan fingerprint density at radius 2 is 1.39 bits per heavy atom. The van der Waals surface area contributed by atoms with Crippen molar-refractivity contribution in [3.8, 4) is 0 Å². The molecule has 44 heavy (non-hydrogen) atoms. The van der Waals surface area contributed by atoms with Crippen molar-refractivity contribution in [2.24, 2.45) is 11.7 Å². The maximum Gasteiger partial charge on any atom is 0.410 e. The molecule has 0 aromatic heterocycles. The van der Waals surface area contributed by atoms with Gasteiger partial charge in [-0.25, -0.2) is 9.59 Å². The molecule has 11 nitrogen and oxygen atoms in total. The molecule has 0 aliphatic carbocycles. The molecule has 0 bridgehead atoms. The van der Waals surface area contributed by atoms with E-state index < -0.39 is 35.6 Å². The smallest absolute Gasteiger partial charge is 0.410 e. The third-order valence-corrected chi connectivity index (χ3v) is 6.80. The minimum atomic E-state index is -0.663. The molecule has 0 saturated carbocycles. The van der Waals surface area contributed by atoms with Crippen LogP contribution in [0.25, 0.3) is 0 Å². The molecule has 0 saturated heterocycles. The van der Waals surface area contributed by atoms with Gasteiger partial charge < -0.3 is 41.0 Å². The zero-order valence-corrected chi connectivity index (χ0v) is 28.2. The van der Waals surface area contributed by atoms with Gasteiger partial charge >= 0.3 is 12.2 Å². The summed E-state index contributed by atoms with van der Waals surface area (Å²) in [5, 5.41) is 25.8. The fourth-order valence-electron chi connectivity index (χ4n) is 4.48. The van der Waals surface area contributed by atoms with Gasteiger partial charge in [0, 0.05) is 26.2 Å². The van der Waals surface area contributed by atoms with Crippen LogP contribution in [-0.4, -0.2) is 89.3 Å². The number of aliphatic hydroxyl groups is 2. The number of nitrogens with one attached hydrogen (secondary N) is 2. The van der Waals surface area contributed by atoms with Crippen molar-refractivity contribution in [1.82, 2.24) is 15.5 Å². The number of hydrogen-bond acceptors (Lipinski definition) is 8. The van der Waals surface area contributed by atoms with E-state index in [1.54, 1.807) is 25.7 Å². The third kappa shape index (κ3) is 17.4. The van der Waals surface area contributed by atoms with Crippen molar-refractivity contribution >= 4 is 18.1 Å². The van der Waals surface area contributed by atoms with Gasteiger partial charge in [-0.3, -0.25) is 4.79 Å². The summed E-state index contributed by atoms with van der Waals surface area (Å²) < 4.78 is 10.8. The summed E-state index contributed by atoms with van der Waals surface area (Å²) in [5.41, 5.74) is 6.32. The minimum Gasteiger partial charge on any atom is -0.444 e. The van der Waals surface area contributed by atoms with Crippen LogP contribution in [0.2, 0.25) is 0 Å². The van der Waals surface area contributed by atoms with Crippen molar-refractivity contribution in [3.63, 3.8) is 0 Å². The molecule has 6 N–H and O–H groups in total. The van der Waals surface area contributed by atoms with E-state index in [1.165, 1.54) is 0 Å². The Morgan fingerprint density at radius 3 is 1.93 bits per heavy atom. The number of benzene rings is 1. The van der Waals surface area contributed by atoms with Crippen molar-refractivity contribution < 1.29 is 34.1 Å². The molecule has 4 atom stereocenters. The Hall–Kier alpha value is -2.89. The molecular weight excluding hydrogens is 564 g/mol. The summed E-state index contributed by atoms with van der Waals surface area (Å²) in [7, 11) is 0. The highest BCUT2D eigenvalue weighted by Crippen LogP contribution is 2.19. The monoisotopic (exact) mass is 622 g/mol. The molecule has 0 heterocycles. The number of nitrogens with zero attached hydrogens (tertiary/aromatic N) is 1. The molecule has 1 aromatic carbocycles. The van der Waals surface area contributed by atoms with Crippen LogP contribution in [-0.2, 0) is 20.7 Å². The number of aliphatic hydroxyl groups excluding tert-OH is 2. The Morgan fingerprint density at radius 1 is 0.841 bits per heavy atom. The van der Waals surface area contributed by atoms with E-state index >= 15 is 0 Å². The number of rotatable bonds is 17. The van der Waals surface area contributed by atoms with Crippen molar-refractivity contribution in [2.45, 2.75) is 117 Å². The summed E-state index contributed by atoms with van der Waals surface area (Å²) in [4.78, 5) is 38.9. The molecule has 0 fully saturated rings. The zero-order valence-electron chi connectivity index (χ0n) is 28.2. The molecule has 0 spiro atoms. The van der Waals surface area contributed by atoms with Crippen molar-refractivity contribution in [2.75, 3.05) is 32.7 Å². The number of hydrogen-bond donors (Lipinski definition) is 5. The summed E-state index contributed by atoms with van der Waals surface area (Å²) >= 11 is 0. The highest BCUT2D eigenvalue weighted by atomic mass is 16.6. The molecule has 0 aliphatic rings. The first-order valence-electron chi connectivity index (χ1n) is 15.8. The molecule has 3 amide bonds. The highest BCUT2D eigenvalue weighted by molar-refractivity contribution is 5.83. The molecule has 4 unspecified atom stereocenters. The second-order valence-electron chi connectivity index (χ2n) is 13.7. The Labute approximate surface area is 264 Å². The van der Waals surface area contributed by atoms with Gasteiger partial charge in [-0.2, -0.15) is 0 Å². The second kappa shape index (κ2) is 18.8. The quantitative estimate of drug-likeness (QED) is 0.173. The summed E-state index contributed by atoms with van der Waals surface area (Å²) in [6.07, 6.45) is 0.225. The maximum absolute atomic E-state index is 12.9. The summed E-state index contributed by atoms with van der Waals surface area (Å²) in [6.45, 7) is 16.6. The number of nitrogens with two attached hydrogens (primary N) is 1. The highest BCUT2D eigenvalue weighted by Gasteiger charge is 2.24. The van der Waals surface area contributed by atoms with Crippen LogP contribution in [0.1, 0.15) is 98.1 Å². The van der Waals surface area contributed by atoms with Gasteiger partial charge in [0.25, 0.3) is 0 Å². The van der Waals surface area contributed by atoms with Gasteiger partial charge in [0.05, 0.1) is 18.1 Å². The predicted molar refractivity (Wildman–Crippen MR) is 172 cm³/mol. The van der Waals surface area contributed by atoms with E-state index in [1.807, 2.05) is 52.0 Å². The van der Waals surface area contributed by atoms with Crippen LogP contribution >= 0.6 is 0 Å². The van der Waals surface area contributed by atoms with Gasteiger partial charge in [-0.15, -0.1) is 0 Å². The molecule has 1 rings (SSSR count). The van der Waals surface area contributed by atoms with E-state index in [-0.39, 0.29) is 24.3 Å². The molecule has 1 aromatic rings. The van der Waals surface area contributed by atoms with E-state index in [9.17, 15) is 24.6 Å². The third-order valence-electron chi connectivity index (χ3n) is 6.80. The lowest BCUT2D eigenvalue weighted by Crippen LogP contribution is -2.41. The minimum absolute atomic E-state index is 0.130. The van der Waals surface area contributed by atoms with Crippen LogP contribution in [0.5, 0.6) is 0 Å². The fraction of sp³-hybridized carbons (Fsp3) is 0.727. The SMILES string of the molecule is CC(Cc1ccc(C(C)C(=O)NCCC(O)CCNC(=O)OC(C)(C)C)cc1)CN(CCC(O)CCN)C(=O)OC(C)(C)C. The van der Waals surface area contributed by atoms with E-state index in [0.29, 0.717) is 51.9 Å². The van der Waals surface area contributed by atoms with Crippen LogP contribution in [0.4, 0.5) is 9.59 Å². The number of carbonyl (C=O) groups is 3. The number of ether oxygens (including phenoxy) is 2. The van der Waals surface area contributed by atoms with Crippen LogP contribution < -0.4 is 16.4 Å². The van der Waals surface area contributed by atoms with E-state index in [4.69, 9.17) is 15.2 Å². The first kappa shape index (κ1) is 39.1. The molecule has 11 heteroatoms. The van der Waals surface area contributed by atoms with E-state index in [2.05, 4.69) is 17.6 Å². The largest absolute Gasteiger partial charge is 0.444 e. The lowest BCUT2D eigenvalue weighted by molar-refractivity contribution is -0.122. The Kier molecular flexibility index (Phi) is 16.7. The van der Waals surface area contributed by atoms with Crippen LogP contribution in [0.3, 0.4) is 0 Å². The molecule has 0 aliphatic heterocycles. The lowest BCUT2D eigenvalue weighted by Gasteiger charge is -2.30. The van der Waals surface area contributed by atoms with Crippen molar-refractivity contribution in [3.05, 3.63) is 35.4 Å². The average Bonchev–Trinajstić information content (AvgIpc) is 2.89. The summed E-state index contributed by atoms with van der Waals surface area (Å²) in [5.74, 6) is -0.364. The van der Waals surface area contributed by atoms with Gasteiger partial charge in [0.2, 0.25) is 5.91 Å². The van der Waals surface area contributed by atoms with Crippen molar-refractivity contribution in [1.29, 1.82) is 0 Å². The van der Waals surface area contributed by atoms with Crippen LogP contribution in [0, 0.1) is 5.92 Å². The van der Waals surface area contributed by atoms with E-state index in [0.717, 1.165) is 17.5 Å². The maximum atomic E-state index is 12.9. The lowest BCUT2D eigenvalue weighted by atomic mass is 9.95. The molecule has 0 radical (unpaired) electrons. The fourth-order valence-corrected chi connectivity index (χ4v) is 4.48. The molecular formula is C33H58N4O7. The summed E-state index contributed by atoms with van der Waals surface area (Å²) in [6, 6.07) is 7.89. The Balaban J connectivity index is 2.57. The van der Waals surface area contributed by atoms with Gasteiger partial charge in [-0.1, -0.05) is 31.2 Å². The zero-order chi connectivity index (χ0) is 33.5. The average molecular weight is 623 g/mol. The topological polar surface area (TPSA) is 163 Å². The van der Waals surface area contributed by atoms with Gasteiger partial charge in [0.1, 0.15) is 11.2 Å². The molecule has 252 valence electrons. The first-order chi connectivity index (χ1) is 20.4. The van der Waals surface area contributed by atoms with Gasteiger partial charge in [0.15, 0.2) is 0 Å². The van der Waals surface area contributed by atoms with Crippen LogP contribution in [0.15, 0.2) is 24.3 Å². The predicted octanol–water partition coefficient (Wildman–Crippen LogP) is 4.09. The second-order valence-corrected chi connectivity index (χ2v) is 13.7.